The zero-order valence-electron chi connectivity index (χ0n) is 10.7. The zero-order chi connectivity index (χ0) is 13.1. The van der Waals surface area contributed by atoms with E-state index in [-0.39, 0.29) is 11.3 Å². The fraction of sp³-hybridized carbons (Fsp3) is 0.400. The van der Waals surface area contributed by atoms with E-state index >= 15 is 0 Å². The molecule has 2 aromatic rings. The van der Waals surface area contributed by atoms with Crippen molar-refractivity contribution in [1.82, 2.24) is 5.32 Å². The van der Waals surface area contributed by atoms with Gasteiger partial charge < -0.3 is 9.73 Å². The highest BCUT2D eigenvalue weighted by molar-refractivity contribution is 7.10. The van der Waals surface area contributed by atoms with Gasteiger partial charge in [0.25, 0.3) is 5.91 Å². The van der Waals surface area contributed by atoms with Crippen LogP contribution >= 0.6 is 11.3 Å². The molecular weight excluding hydrogens is 258 g/mol. The Balaban J connectivity index is 1.71. The third kappa shape index (κ3) is 2.45. The van der Waals surface area contributed by atoms with Crippen LogP contribution in [0.5, 0.6) is 0 Å². The van der Waals surface area contributed by atoms with Gasteiger partial charge in [0.1, 0.15) is 0 Å². The monoisotopic (exact) mass is 275 g/mol. The van der Waals surface area contributed by atoms with E-state index in [4.69, 9.17) is 4.42 Å². The average Bonchev–Trinajstić information content (AvgIpc) is 3.16. The average molecular weight is 275 g/mol. The van der Waals surface area contributed by atoms with Crippen LogP contribution in [0.3, 0.4) is 0 Å². The summed E-state index contributed by atoms with van der Waals surface area (Å²) < 4.78 is 5.12. The van der Waals surface area contributed by atoms with Crippen LogP contribution in [-0.2, 0) is 5.41 Å². The number of carbonyl (C=O) groups is 1. The van der Waals surface area contributed by atoms with Crippen molar-refractivity contribution < 1.29 is 9.21 Å². The largest absolute Gasteiger partial charge is 0.459 e. The second-order valence-corrected chi connectivity index (χ2v) is 6.07. The molecule has 100 valence electrons. The van der Waals surface area contributed by atoms with Crippen molar-refractivity contribution in [2.75, 3.05) is 6.54 Å². The van der Waals surface area contributed by atoms with Gasteiger partial charge in [-0.25, -0.2) is 0 Å². The molecule has 0 aromatic carbocycles. The lowest BCUT2D eigenvalue weighted by Crippen LogP contribution is -2.38. The highest BCUT2D eigenvalue weighted by Gasteiger charge is 2.36. The molecule has 1 N–H and O–H groups in total. The molecule has 1 fully saturated rings. The minimum atomic E-state index is -0.118. The molecule has 2 aromatic heterocycles. The van der Waals surface area contributed by atoms with Gasteiger partial charge in [0.15, 0.2) is 5.76 Å². The van der Waals surface area contributed by atoms with Gasteiger partial charge in [-0.1, -0.05) is 18.9 Å². The summed E-state index contributed by atoms with van der Waals surface area (Å²) in [6.45, 7) is 0.701. The van der Waals surface area contributed by atoms with Crippen LogP contribution in [0.15, 0.2) is 40.3 Å². The van der Waals surface area contributed by atoms with Gasteiger partial charge in [-0.2, -0.15) is 0 Å². The maximum Gasteiger partial charge on any atom is 0.287 e. The second-order valence-electron chi connectivity index (χ2n) is 5.12. The van der Waals surface area contributed by atoms with E-state index in [0.29, 0.717) is 12.3 Å². The molecule has 0 spiro atoms. The third-order valence-corrected chi connectivity index (χ3v) is 5.05. The Morgan fingerprint density at radius 2 is 2.16 bits per heavy atom. The Morgan fingerprint density at radius 3 is 2.79 bits per heavy atom. The van der Waals surface area contributed by atoms with Crippen LogP contribution in [0.25, 0.3) is 0 Å². The first-order valence-electron chi connectivity index (χ1n) is 6.66. The molecule has 1 amide bonds. The topological polar surface area (TPSA) is 42.2 Å². The SMILES string of the molecule is O=C(NCC1(c2cccs2)CCCC1)c1ccco1. The van der Waals surface area contributed by atoms with E-state index in [2.05, 4.69) is 22.8 Å². The minimum absolute atomic E-state index is 0.118. The summed E-state index contributed by atoms with van der Waals surface area (Å²) in [6.07, 6.45) is 6.33. The highest BCUT2D eigenvalue weighted by atomic mass is 32.1. The van der Waals surface area contributed by atoms with Gasteiger partial charge in [0, 0.05) is 16.8 Å². The van der Waals surface area contributed by atoms with Gasteiger partial charge >= 0.3 is 0 Å². The first kappa shape index (κ1) is 12.5. The predicted molar refractivity (Wildman–Crippen MR) is 75.5 cm³/mol. The lowest BCUT2D eigenvalue weighted by atomic mass is 9.84. The Kier molecular flexibility index (Phi) is 3.42. The molecule has 1 aliphatic carbocycles. The smallest absolute Gasteiger partial charge is 0.287 e. The lowest BCUT2D eigenvalue weighted by molar-refractivity contribution is 0.0915. The fourth-order valence-electron chi connectivity index (χ4n) is 2.89. The van der Waals surface area contributed by atoms with Crippen molar-refractivity contribution in [2.45, 2.75) is 31.1 Å². The molecule has 1 aliphatic rings. The van der Waals surface area contributed by atoms with Gasteiger partial charge in [0.05, 0.1) is 6.26 Å². The lowest BCUT2D eigenvalue weighted by Gasteiger charge is -2.28. The van der Waals surface area contributed by atoms with Crippen molar-refractivity contribution in [3.05, 3.63) is 46.5 Å². The van der Waals surface area contributed by atoms with Crippen LogP contribution in [0.2, 0.25) is 0 Å². The van der Waals surface area contributed by atoms with E-state index in [1.807, 2.05) is 0 Å². The number of thiophene rings is 1. The molecule has 0 saturated heterocycles. The summed E-state index contributed by atoms with van der Waals surface area (Å²) in [5.74, 6) is 0.271. The molecule has 0 aliphatic heterocycles. The number of furan rings is 1. The summed E-state index contributed by atoms with van der Waals surface area (Å²) in [4.78, 5) is 13.4. The van der Waals surface area contributed by atoms with Crippen LogP contribution in [0.1, 0.15) is 41.1 Å². The summed E-state index contributed by atoms with van der Waals surface area (Å²) >= 11 is 1.79. The summed E-state index contributed by atoms with van der Waals surface area (Å²) in [5.41, 5.74) is 0.135. The number of amides is 1. The molecule has 1 saturated carbocycles. The van der Waals surface area contributed by atoms with E-state index in [1.165, 1.54) is 24.0 Å². The van der Waals surface area contributed by atoms with E-state index in [1.54, 1.807) is 23.5 Å². The minimum Gasteiger partial charge on any atom is -0.459 e. The summed E-state index contributed by atoms with van der Waals surface area (Å²) in [5, 5.41) is 5.14. The maximum atomic E-state index is 12.0. The van der Waals surface area contributed by atoms with Crippen molar-refractivity contribution >= 4 is 17.2 Å². The molecule has 0 unspecified atom stereocenters. The number of carbonyl (C=O) groups excluding carboxylic acids is 1. The van der Waals surface area contributed by atoms with E-state index in [9.17, 15) is 4.79 Å². The summed E-state index contributed by atoms with van der Waals surface area (Å²) in [7, 11) is 0. The molecule has 0 bridgehead atoms. The Labute approximate surface area is 116 Å². The molecule has 0 atom stereocenters. The van der Waals surface area contributed by atoms with Crippen molar-refractivity contribution in [3.8, 4) is 0 Å². The van der Waals surface area contributed by atoms with Gasteiger partial charge in [-0.15, -0.1) is 11.3 Å². The molecule has 3 nitrogen and oxygen atoms in total. The third-order valence-electron chi connectivity index (χ3n) is 3.94. The Hall–Kier alpha value is -1.55. The van der Waals surface area contributed by atoms with E-state index in [0.717, 1.165) is 12.8 Å². The second kappa shape index (κ2) is 5.21. The number of hydrogen-bond donors (Lipinski definition) is 1. The Bertz CT molecular complexity index is 525. The molecular formula is C15H17NO2S. The summed E-state index contributed by atoms with van der Waals surface area (Å²) in [6, 6.07) is 7.71. The Morgan fingerprint density at radius 1 is 1.32 bits per heavy atom. The number of rotatable bonds is 4. The normalized spacial score (nSPS) is 17.5. The van der Waals surface area contributed by atoms with Crippen LogP contribution in [0.4, 0.5) is 0 Å². The number of hydrogen-bond acceptors (Lipinski definition) is 3. The molecule has 4 heteroatoms. The van der Waals surface area contributed by atoms with Crippen molar-refractivity contribution in [3.63, 3.8) is 0 Å². The van der Waals surface area contributed by atoms with Gasteiger partial charge in [-0.3, -0.25) is 4.79 Å². The molecule has 3 rings (SSSR count). The predicted octanol–water partition coefficient (Wildman–Crippen LogP) is 3.58. The first-order valence-corrected chi connectivity index (χ1v) is 7.54. The zero-order valence-corrected chi connectivity index (χ0v) is 11.5. The number of nitrogens with one attached hydrogen (secondary N) is 1. The van der Waals surface area contributed by atoms with Crippen LogP contribution in [-0.4, -0.2) is 12.5 Å². The maximum absolute atomic E-state index is 12.0. The first-order chi connectivity index (χ1) is 9.30. The fourth-order valence-corrected chi connectivity index (χ4v) is 3.87. The van der Waals surface area contributed by atoms with Gasteiger partial charge in [-0.05, 0) is 36.4 Å². The van der Waals surface area contributed by atoms with E-state index < -0.39 is 0 Å². The quantitative estimate of drug-likeness (QED) is 0.926. The van der Waals surface area contributed by atoms with Gasteiger partial charge in [0.2, 0.25) is 0 Å². The molecule has 2 heterocycles. The molecule has 0 radical (unpaired) electrons. The molecule has 19 heavy (non-hydrogen) atoms. The standard InChI is InChI=1S/C15H17NO2S/c17-14(12-5-3-9-18-12)16-11-15(7-1-2-8-15)13-6-4-10-19-13/h3-6,9-10H,1-2,7-8,11H2,(H,16,17). The van der Waals surface area contributed by atoms with Crippen LogP contribution < -0.4 is 5.32 Å². The van der Waals surface area contributed by atoms with Crippen LogP contribution in [0, 0.1) is 0 Å². The van der Waals surface area contributed by atoms with Crippen molar-refractivity contribution in [2.24, 2.45) is 0 Å². The highest BCUT2D eigenvalue weighted by Crippen LogP contribution is 2.42. The van der Waals surface area contributed by atoms with Crippen molar-refractivity contribution in [1.29, 1.82) is 0 Å².